The van der Waals surface area contributed by atoms with E-state index < -0.39 is 0 Å². The topological polar surface area (TPSA) is 62.2 Å². The number of carbonyl (C=O) groups excluding carboxylic acids is 1. The van der Waals surface area contributed by atoms with Gasteiger partial charge in [0.15, 0.2) is 0 Å². The van der Waals surface area contributed by atoms with Crippen LogP contribution in [0.15, 0.2) is 30.0 Å². The number of aryl methyl sites for hydroxylation is 1. The molecule has 3 rings (SSSR count). The summed E-state index contributed by atoms with van der Waals surface area (Å²) in [6.45, 7) is 3.03. The molecule has 0 bridgehead atoms. The van der Waals surface area contributed by atoms with E-state index in [2.05, 4.69) is 19.9 Å². The third-order valence-corrected chi connectivity index (χ3v) is 4.34. The molecule has 1 aliphatic heterocycles. The first-order chi connectivity index (χ1) is 10.3. The van der Waals surface area contributed by atoms with Gasteiger partial charge in [0.1, 0.15) is 0 Å². The van der Waals surface area contributed by atoms with E-state index >= 15 is 0 Å². The monoisotopic (exact) mass is 303 g/mol. The summed E-state index contributed by atoms with van der Waals surface area (Å²) in [5, 5.41) is 2.97. The second-order valence-electron chi connectivity index (χ2n) is 4.84. The molecule has 7 heteroatoms. The smallest absolute Gasteiger partial charge is 0.225 e. The average Bonchev–Trinajstić information content (AvgIpc) is 3.07. The molecule has 6 nitrogen and oxygen atoms in total. The Morgan fingerprint density at radius 3 is 2.52 bits per heavy atom. The maximum Gasteiger partial charge on any atom is 0.225 e. The first-order valence-electron chi connectivity index (χ1n) is 7.01. The molecule has 0 aromatic carbocycles. The number of rotatable bonds is 4. The molecule has 2 aromatic rings. The molecule has 1 amide bonds. The van der Waals surface area contributed by atoms with Gasteiger partial charge >= 0.3 is 0 Å². The van der Waals surface area contributed by atoms with Crippen LogP contribution in [0.5, 0.6) is 0 Å². The maximum atomic E-state index is 12.2. The number of hydrogen-bond acceptors (Lipinski definition) is 6. The lowest BCUT2D eigenvalue weighted by molar-refractivity contribution is -0.131. The lowest BCUT2D eigenvalue weighted by Crippen LogP contribution is -2.49. The predicted molar refractivity (Wildman–Crippen MR) is 81.3 cm³/mol. The van der Waals surface area contributed by atoms with Crippen LogP contribution in [0.3, 0.4) is 0 Å². The van der Waals surface area contributed by atoms with E-state index in [1.165, 1.54) is 0 Å². The van der Waals surface area contributed by atoms with Gasteiger partial charge in [0, 0.05) is 63.0 Å². The number of carbonyl (C=O) groups is 1. The van der Waals surface area contributed by atoms with Gasteiger partial charge in [-0.05, 0) is 6.07 Å². The second kappa shape index (κ2) is 6.62. The van der Waals surface area contributed by atoms with Crippen LogP contribution in [0.1, 0.15) is 11.4 Å². The first kappa shape index (κ1) is 13.9. The van der Waals surface area contributed by atoms with E-state index in [-0.39, 0.29) is 5.91 Å². The summed E-state index contributed by atoms with van der Waals surface area (Å²) in [4.78, 5) is 28.9. The van der Waals surface area contributed by atoms with Crippen LogP contribution < -0.4 is 4.90 Å². The molecule has 0 aliphatic carbocycles. The summed E-state index contributed by atoms with van der Waals surface area (Å²) >= 11 is 1.60. The van der Waals surface area contributed by atoms with Crippen molar-refractivity contribution in [2.24, 2.45) is 0 Å². The lowest BCUT2D eigenvalue weighted by Gasteiger charge is -2.34. The maximum absolute atomic E-state index is 12.2. The molecule has 110 valence electrons. The molecule has 0 spiro atoms. The Hall–Kier alpha value is -2.02. The molecule has 0 N–H and O–H groups in total. The zero-order valence-electron chi connectivity index (χ0n) is 11.7. The van der Waals surface area contributed by atoms with Crippen molar-refractivity contribution in [3.8, 4) is 0 Å². The fourth-order valence-electron chi connectivity index (χ4n) is 2.36. The van der Waals surface area contributed by atoms with Crippen molar-refractivity contribution in [3.05, 3.63) is 35.0 Å². The van der Waals surface area contributed by atoms with Crippen molar-refractivity contribution in [2.45, 2.75) is 12.8 Å². The number of piperazine rings is 1. The summed E-state index contributed by atoms with van der Waals surface area (Å²) in [5.74, 6) is 0.950. The Morgan fingerprint density at radius 1 is 1.10 bits per heavy atom. The van der Waals surface area contributed by atoms with Crippen molar-refractivity contribution >= 4 is 23.2 Å². The third-order valence-electron chi connectivity index (χ3n) is 3.50. The minimum Gasteiger partial charge on any atom is -0.339 e. The molecule has 1 saturated heterocycles. The van der Waals surface area contributed by atoms with Crippen molar-refractivity contribution in [1.29, 1.82) is 0 Å². The molecule has 0 atom stereocenters. The standard InChI is InChI=1S/C14H17N5OS/c20-13(3-2-12-15-6-11-21-12)18-7-9-19(10-8-18)14-16-4-1-5-17-14/h1,4-6,11H,2-3,7-10H2. The Bertz CT molecular complexity index is 566. The highest BCUT2D eigenvalue weighted by atomic mass is 32.1. The van der Waals surface area contributed by atoms with Gasteiger partial charge in [0.05, 0.1) is 5.01 Å². The quantitative estimate of drug-likeness (QED) is 0.850. The lowest BCUT2D eigenvalue weighted by atomic mass is 10.2. The summed E-state index contributed by atoms with van der Waals surface area (Å²) in [5.41, 5.74) is 0. The fraction of sp³-hybridized carbons (Fsp3) is 0.429. The molecular weight excluding hydrogens is 286 g/mol. The Morgan fingerprint density at radius 2 is 1.86 bits per heavy atom. The van der Waals surface area contributed by atoms with Gasteiger partial charge in [-0.1, -0.05) is 0 Å². The fourth-order valence-corrected chi connectivity index (χ4v) is 2.98. The van der Waals surface area contributed by atoms with E-state index in [0.29, 0.717) is 6.42 Å². The molecule has 1 fully saturated rings. The first-order valence-corrected chi connectivity index (χ1v) is 7.89. The Balaban J connectivity index is 1.48. The number of amides is 1. The van der Waals surface area contributed by atoms with E-state index in [1.54, 1.807) is 29.9 Å². The number of nitrogens with zero attached hydrogens (tertiary/aromatic N) is 5. The van der Waals surface area contributed by atoms with Gasteiger partial charge in [0.2, 0.25) is 11.9 Å². The summed E-state index contributed by atoms with van der Waals surface area (Å²) < 4.78 is 0. The van der Waals surface area contributed by atoms with Crippen molar-refractivity contribution < 1.29 is 4.79 Å². The van der Waals surface area contributed by atoms with E-state index in [1.807, 2.05) is 16.3 Å². The van der Waals surface area contributed by atoms with E-state index in [0.717, 1.165) is 43.6 Å². The predicted octanol–water partition coefficient (Wildman–Crippen LogP) is 1.21. The van der Waals surface area contributed by atoms with Gasteiger partial charge < -0.3 is 9.80 Å². The zero-order valence-corrected chi connectivity index (χ0v) is 12.5. The minimum atomic E-state index is 0.207. The van der Waals surface area contributed by atoms with Crippen LogP contribution in [0.4, 0.5) is 5.95 Å². The number of thiazole rings is 1. The summed E-state index contributed by atoms with van der Waals surface area (Å²) in [6, 6.07) is 1.81. The van der Waals surface area contributed by atoms with Crippen LogP contribution in [0.25, 0.3) is 0 Å². The summed E-state index contributed by atoms with van der Waals surface area (Å²) in [6.07, 6.45) is 6.54. The zero-order chi connectivity index (χ0) is 14.5. The van der Waals surface area contributed by atoms with Gasteiger partial charge in [-0.15, -0.1) is 11.3 Å². The minimum absolute atomic E-state index is 0.207. The molecule has 1 aliphatic rings. The molecule has 0 saturated carbocycles. The van der Waals surface area contributed by atoms with Crippen LogP contribution in [-0.4, -0.2) is 51.9 Å². The average molecular weight is 303 g/mol. The molecular formula is C14H17N5OS. The number of anilines is 1. The third kappa shape index (κ3) is 3.55. The summed E-state index contributed by atoms with van der Waals surface area (Å²) in [7, 11) is 0. The molecule has 0 radical (unpaired) electrons. The molecule has 21 heavy (non-hydrogen) atoms. The van der Waals surface area contributed by atoms with E-state index in [4.69, 9.17) is 0 Å². The molecule has 2 aromatic heterocycles. The van der Waals surface area contributed by atoms with Crippen LogP contribution in [0.2, 0.25) is 0 Å². The molecule has 0 unspecified atom stereocenters. The molecule has 3 heterocycles. The SMILES string of the molecule is O=C(CCc1nccs1)N1CCN(c2ncccn2)CC1. The van der Waals surface area contributed by atoms with Gasteiger partial charge in [-0.3, -0.25) is 4.79 Å². The number of hydrogen-bond donors (Lipinski definition) is 0. The van der Waals surface area contributed by atoms with Crippen molar-refractivity contribution in [2.75, 3.05) is 31.1 Å². The second-order valence-corrected chi connectivity index (χ2v) is 5.82. The van der Waals surface area contributed by atoms with Crippen molar-refractivity contribution in [3.63, 3.8) is 0 Å². The highest BCUT2D eigenvalue weighted by molar-refractivity contribution is 7.09. The largest absolute Gasteiger partial charge is 0.339 e. The van der Waals surface area contributed by atoms with Gasteiger partial charge in [-0.2, -0.15) is 0 Å². The normalized spacial score (nSPS) is 15.2. The highest BCUT2D eigenvalue weighted by Gasteiger charge is 2.22. The Labute approximate surface area is 127 Å². The van der Waals surface area contributed by atoms with Crippen molar-refractivity contribution in [1.82, 2.24) is 19.9 Å². The van der Waals surface area contributed by atoms with Crippen LogP contribution in [0, 0.1) is 0 Å². The van der Waals surface area contributed by atoms with Crippen LogP contribution >= 0.6 is 11.3 Å². The van der Waals surface area contributed by atoms with Crippen LogP contribution in [-0.2, 0) is 11.2 Å². The number of aromatic nitrogens is 3. The highest BCUT2D eigenvalue weighted by Crippen LogP contribution is 2.12. The van der Waals surface area contributed by atoms with Gasteiger partial charge in [0.25, 0.3) is 0 Å². The van der Waals surface area contributed by atoms with E-state index in [9.17, 15) is 4.79 Å². The Kier molecular flexibility index (Phi) is 4.40. The van der Waals surface area contributed by atoms with Gasteiger partial charge in [-0.25, -0.2) is 15.0 Å².